The number of hydrogen-bond acceptors (Lipinski definition) is 4. The molecule has 0 heterocycles. The van der Waals surface area contributed by atoms with E-state index in [9.17, 15) is 19.5 Å². The van der Waals surface area contributed by atoms with E-state index >= 15 is 0 Å². The Labute approximate surface area is 198 Å². The van der Waals surface area contributed by atoms with Gasteiger partial charge in [0.2, 0.25) is 5.91 Å². The van der Waals surface area contributed by atoms with Crippen LogP contribution in [0.5, 0.6) is 0 Å². The molecule has 178 valence electrons. The van der Waals surface area contributed by atoms with Gasteiger partial charge in [-0.2, -0.15) is 0 Å². The SMILES string of the molecule is O=C(N[C@@H](CC1CC1)C(=O)N[C@@H]1CC[C@H](C(=O)O)C1)OCC1c2ccccc2-c2ccccc21. The molecular weight excluding hydrogens is 432 g/mol. The fourth-order valence-corrected chi connectivity index (χ4v) is 5.34. The van der Waals surface area contributed by atoms with Crippen molar-refractivity contribution in [1.82, 2.24) is 10.6 Å². The molecule has 0 aliphatic heterocycles. The van der Waals surface area contributed by atoms with Gasteiger partial charge in [0, 0.05) is 12.0 Å². The molecule has 34 heavy (non-hydrogen) atoms. The van der Waals surface area contributed by atoms with E-state index in [-0.39, 0.29) is 24.5 Å². The lowest BCUT2D eigenvalue weighted by Crippen LogP contribution is -2.49. The van der Waals surface area contributed by atoms with Gasteiger partial charge in [-0.05, 0) is 53.9 Å². The van der Waals surface area contributed by atoms with E-state index in [1.807, 2.05) is 24.3 Å². The maximum absolute atomic E-state index is 12.9. The van der Waals surface area contributed by atoms with Crippen LogP contribution in [-0.4, -0.2) is 41.8 Å². The molecule has 2 amide bonds. The van der Waals surface area contributed by atoms with Crippen molar-refractivity contribution < 1.29 is 24.2 Å². The summed E-state index contributed by atoms with van der Waals surface area (Å²) in [5.41, 5.74) is 4.60. The molecule has 2 aromatic rings. The summed E-state index contributed by atoms with van der Waals surface area (Å²) >= 11 is 0. The number of fused-ring (bicyclic) bond motifs is 3. The van der Waals surface area contributed by atoms with E-state index in [1.54, 1.807) is 0 Å². The first-order valence-electron chi connectivity index (χ1n) is 12.1. The van der Waals surface area contributed by atoms with Crippen LogP contribution in [0.15, 0.2) is 48.5 Å². The summed E-state index contributed by atoms with van der Waals surface area (Å²) in [6, 6.07) is 15.5. The predicted molar refractivity (Wildman–Crippen MR) is 126 cm³/mol. The second-order valence-electron chi connectivity index (χ2n) is 9.76. The van der Waals surface area contributed by atoms with E-state index in [0.717, 1.165) is 35.1 Å². The lowest BCUT2D eigenvalue weighted by Gasteiger charge is -2.22. The first-order chi connectivity index (χ1) is 16.5. The number of ether oxygens (including phenoxy) is 1. The number of carboxylic acids is 1. The second-order valence-corrected chi connectivity index (χ2v) is 9.76. The Morgan fingerprint density at radius 2 is 1.59 bits per heavy atom. The summed E-state index contributed by atoms with van der Waals surface area (Å²) in [7, 11) is 0. The third-order valence-electron chi connectivity index (χ3n) is 7.35. The fraction of sp³-hybridized carbons (Fsp3) is 0.444. The van der Waals surface area contributed by atoms with Crippen LogP contribution in [-0.2, 0) is 14.3 Å². The average Bonchev–Trinajstić information content (AvgIpc) is 3.42. The van der Waals surface area contributed by atoms with E-state index in [0.29, 0.717) is 31.6 Å². The standard InChI is InChI=1S/C27H30N2O5/c30-25(28-18-12-11-17(14-18)26(31)32)24(13-16-9-10-16)29-27(33)34-15-23-21-7-3-1-5-19(21)20-6-2-4-8-22(20)23/h1-8,16-18,23-24H,9-15H2,(H,28,30)(H,29,33)(H,31,32)/t17-,18+,24-/m0/s1. The summed E-state index contributed by atoms with van der Waals surface area (Å²) in [6.07, 6.45) is 3.73. The highest BCUT2D eigenvalue weighted by atomic mass is 16.5. The quantitative estimate of drug-likeness (QED) is 0.549. The predicted octanol–water partition coefficient (Wildman–Crippen LogP) is 4.06. The smallest absolute Gasteiger partial charge is 0.407 e. The molecule has 3 aliphatic rings. The topological polar surface area (TPSA) is 105 Å². The Morgan fingerprint density at radius 3 is 2.18 bits per heavy atom. The summed E-state index contributed by atoms with van der Waals surface area (Å²) in [4.78, 5) is 36.9. The minimum Gasteiger partial charge on any atom is -0.481 e. The minimum atomic E-state index is -0.817. The van der Waals surface area contributed by atoms with Crippen LogP contribution in [0.2, 0.25) is 0 Å². The molecule has 3 aliphatic carbocycles. The molecule has 0 bridgehead atoms. The molecule has 0 spiro atoms. The van der Waals surface area contributed by atoms with Gasteiger partial charge in [0.1, 0.15) is 12.6 Å². The molecule has 0 saturated heterocycles. The Bertz CT molecular complexity index is 1050. The summed E-state index contributed by atoms with van der Waals surface area (Å²) in [5, 5.41) is 14.9. The van der Waals surface area contributed by atoms with Gasteiger partial charge >= 0.3 is 12.1 Å². The third kappa shape index (κ3) is 4.79. The van der Waals surface area contributed by atoms with Crippen LogP contribution in [0, 0.1) is 11.8 Å². The molecular formula is C27H30N2O5. The van der Waals surface area contributed by atoms with Crippen molar-refractivity contribution in [3.05, 3.63) is 59.7 Å². The fourth-order valence-electron chi connectivity index (χ4n) is 5.34. The first kappa shape index (κ1) is 22.4. The number of carbonyl (C=O) groups excluding carboxylic acids is 2. The maximum Gasteiger partial charge on any atom is 0.407 e. The van der Waals surface area contributed by atoms with Crippen LogP contribution in [0.4, 0.5) is 4.79 Å². The molecule has 3 atom stereocenters. The van der Waals surface area contributed by atoms with Crippen LogP contribution in [0.25, 0.3) is 11.1 Å². The Kier molecular flexibility index (Phi) is 6.26. The lowest BCUT2D eigenvalue weighted by molar-refractivity contribution is -0.141. The number of aliphatic carboxylic acids is 1. The summed E-state index contributed by atoms with van der Waals surface area (Å²) in [6.45, 7) is 0.195. The molecule has 3 N–H and O–H groups in total. The number of carbonyl (C=O) groups is 3. The van der Waals surface area contributed by atoms with E-state index in [2.05, 4.69) is 34.9 Å². The van der Waals surface area contributed by atoms with Gasteiger partial charge in [-0.1, -0.05) is 61.4 Å². The van der Waals surface area contributed by atoms with E-state index in [4.69, 9.17) is 4.74 Å². The maximum atomic E-state index is 12.9. The molecule has 0 aromatic heterocycles. The average molecular weight is 463 g/mol. The summed E-state index contributed by atoms with van der Waals surface area (Å²) < 4.78 is 5.63. The highest BCUT2D eigenvalue weighted by Crippen LogP contribution is 2.44. The largest absolute Gasteiger partial charge is 0.481 e. The van der Waals surface area contributed by atoms with Crippen LogP contribution < -0.4 is 10.6 Å². The number of alkyl carbamates (subject to hydrolysis) is 1. The molecule has 0 unspecified atom stereocenters. The number of benzene rings is 2. The molecule has 0 radical (unpaired) electrons. The number of amides is 2. The van der Waals surface area contributed by atoms with E-state index in [1.165, 1.54) is 0 Å². The monoisotopic (exact) mass is 462 g/mol. The minimum absolute atomic E-state index is 0.0414. The van der Waals surface area contributed by atoms with Gasteiger partial charge in [0.15, 0.2) is 0 Å². The van der Waals surface area contributed by atoms with Gasteiger partial charge < -0.3 is 20.5 Å². The first-order valence-corrected chi connectivity index (χ1v) is 12.1. The highest BCUT2D eigenvalue weighted by Gasteiger charge is 2.35. The van der Waals surface area contributed by atoms with Crippen molar-refractivity contribution in [2.75, 3.05) is 6.61 Å². The third-order valence-corrected chi connectivity index (χ3v) is 7.35. The molecule has 2 saturated carbocycles. The molecule has 2 fully saturated rings. The van der Waals surface area contributed by atoms with Gasteiger partial charge in [-0.15, -0.1) is 0 Å². The molecule has 5 rings (SSSR count). The van der Waals surface area contributed by atoms with Gasteiger partial charge in [-0.3, -0.25) is 9.59 Å². The van der Waals surface area contributed by atoms with Gasteiger partial charge in [0.25, 0.3) is 0 Å². The molecule has 7 nitrogen and oxygen atoms in total. The van der Waals surface area contributed by atoms with Crippen LogP contribution >= 0.6 is 0 Å². The number of hydrogen-bond donors (Lipinski definition) is 3. The van der Waals surface area contributed by atoms with Crippen molar-refractivity contribution in [3.63, 3.8) is 0 Å². The zero-order valence-corrected chi connectivity index (χ0v) is 19.0. The Balaban J connectivity index is 1.20. The zero-order valence-electron chi connectivity index (χ0n) is 19.0. The Morgan fingerprint density at radius 1 is 0.941 bits per heavy atom. The van der Waals surface area contributed by atoms with Crippen molar-refractivity contribution in [2.24, 2.45) is 11.8 Å². The second kappa shape index (κ2) is 9.49. The van der Waals surface area contributed by atoms with Crippen LogP contribution in [0.1, 0.15) is 55.6 Å². The lowest BCUT2D eigenvalue weighted by atomic mass is 9.98. The molecule has 7 heteroatoms. The van der Waals surface area contributed by atoms with Crippen LogP contribution in [0.3, 0.4) is 0 Å². The van der Waals surface area contributed by atoms with Crippen molar-refractivity contribution in [2.45, 2.75) is 56.5 Å². The van der Waals surface area contributed by atoms with Gasteiger partial charge in [-0.25, -0.2) is 4.79 Å². The Hall–Kier alpha value is -3.35. The normalized spacial score (nSPS) is 21.9. The summed E-state index contributed by atoms with van der Waals surface area (Å²) in [5.74, 6) is -1.10. The van der Waals surface area contributed by atoms with Crippen molar-refractivity contribution in [3.8, 4) is 11.1 Å². The van der Waals surface area contributed by atoms with Gasteiger partial charge in [0.05, 0.1) is 5.92 Å². The van der Waals surface area contributed by atoms with E-state index < -0.39 is 24.0 Å². The van der Waals surface area contributed by atoms with Crippen molar-refractivity contribution >= 4 is 18.0 Å². The zero-order chi connectivity index (χ0) is 23.7. The molecule has 2 aromatic carbocycles. The number of nitrogens with one attached hydrogen (secondary N) is 2. The number of rotatable bonds is 8. The van der Waals surface area contributed by atoms with Crippen molar-refractivity contribution in [1.29, 1.82) is 0 Å². The number of carboxylic acid groups (broad SMARTS) is 1. The highest BCUT2D eigenvalue weighted by molar-refractivity contribution is 5.86.